The number of halogens is 2. The van der Waals surface area contributed by atoms with Crippen LogP contribution in [0, 0.1) is 6.92 Å². The zero-order valence-electron chi connectivity index (χ0n) is 25.7. The number of fused-ring (bicyclic) bond motifs is 7. The van der Waals surface area contributed by atoms with Crippen molar-refractivity contribution in [2.24, 2.45) is 0 Å². The monoisotopic (exact) mass is 763 g/mol. The number of carboxylic acid groups (broad SMARTS) is 1. The van der Waals surface area contributed by atoms with Crippen LogP contribution in [0.3, 0.4) is 0 Å². The predicted molar refractivity (Wildman–Crippen MR) is 175 cm³/mol. The van der Waals surface area contributed by atoms with E-state index in [1.807, 2.05) is 38.1 Å². The molecule has 0 saturated heterocycles. The van der Waals surface area contributed by atoms with Crippen LogP contribution < -0.4 is 35.3 Å². The molecule has 0 aliphatic heterocycles. The maximum Gasteiger partial charge on any atom is 3.00 e. The molecular weight excluding hydrogens is 736 g/mol. The van der Waals surface area contributed by atoms with Crippen molar-refractivity contribution in [3.63, 3.8) is 0 Å². The molecule has 0 saturated carbocycles. The number of hydrogen-bond acceptors (Lipinski definition) is 8. The first-order chi connectivity index (χ1) is 21.9. The molecule has 0 bridgehead atoms. The summed E-state index contributed by atoms with van der Waals surface area (Å²) < 4.78 is 1.63. The molecule has 0 amide bonds. The fourth-order valence-corrected chi connectivity index (χ4v) is 5.11. The van der Waals surface area contributed by atoms with Gasteiger partial charge in [0.25, 0.3) is 0 Å². The number of pyridine rings is 6. The number of carbonyl (C=O) groups excluding carboxylic acids is 1. The zero-order chi connectivity index (χ0) is 31.3. The average Bonchev–Trinajstić information content (AvgIpc) is 3.09. The van der Waals surface area contributed by atoms with Gasteiger partial charge in [-0.15, -0.1) is 0 Å². The molecule has 0 aliphatic carbocycles. The number of carboxylic acids is 1. The van der Waals surface area contributed by atoms with Crippen molar-refractivity contribution in [2.45, 2.75) is 20.4 Å². The molecule has 9 nitrogen and oxygen atoms in total. The van der Waals surface area contributed by atoms with E-state index < -0.39 is 11.4 Å². The van der Waals surface area contributed by atoms with Crippen LogP contribution in [0.5, 0.6) is 0 Å². The van der Waals surface area contributed by atoms with Gasteiger partial charge in [-0.05, 0) is 50.2 Å². The normalized spacial score (nSPS) is 10.1. The van der Waals surface area contributed by atoms with Crippen molar-refractivity contribution in [3.05, 3.63) is 137 Å². The fourth-order valence-electron chi connectivity index (χ4n) is 5.11. The Morgan fingerprint density at radius 2 is 1.06 bits per heavy atom. The van der Waals surface area contributed by atoms with Crippen molar-refractivity contribution in [2.75, 3.05) is 0 Å². The topological polar surface area (TPSA) is 127 Å². The Kier molecular flexibility index (Phi) is 13.1. The van der Waals surface area contributed by atoms with E-state index in [0.717, 1.165) is 49.3 Å². The van der Waals surface area contributed by atoms with Gasteiger partial charge in [-0.25, -0.2) is 4.98 Å². The van der Waals surface area contributed by atoms with Crippen molar-refractivity contribution in [1.29, 1.82) is 0 Å². The molecule has 48 heavy (non-hydrogen) atoms. The van der Waals surface area contributed by atoms with Crippen LogP contribution in [0.1, 0.15) is 23.0 Å². The first-order valence-electron chi connectivity index (χ1n) is 14.3. The van der Waals surface area contributed by atoms with Crippen LogP contribution in [0.15, 0.2) is 121 Å². The summed E-state index contributed by atoms with van der Waals surface area (Å²) in [6.45, 7) is 4.21. The van der Waals surface area contributed by atoms with E-state index in [1.165, 1.54) is 6.20 Å². The van der Waals surface area contributed by atoms with Gasteiger partial charge in [-0.1, -0.05) is 48.5 Å². The molecule has 0 N–H and O–H groups in total. The first kappa shape index (κ1) is 37.6. The van der Waals surface area contributed by atoms with Crippen molar-refractivity contribution >= 4 is 60.6 Å². The fraction of sp³-hybridized carbons (Fsp3) is 0.0833. The second kappa shape index (κ2) is 16.8. The van der Waals surface area contributed by atoms with Crippen LogP contribution in [0.2, 0.25) is 0 Å². The molecule has 6 aromatic heterocycles. The molecular formula is C36H27Cl2N6O3Ru. The summed E-state index contributed by atoms with van der Waals surface area (Å²) in [6.07, 6.45) is 8.49. The van der Waals surface area contributed by atoms with E-state index in [2.05, 4.69) is 73.5 Å². The third kappa shape index (κ3) is 7.80. The van der Waals surface area contributed by atoms with E-state index in [9.17, 15) is 14.7 Å². The minimum Gasteiger partial charge on any atom is -1.00 e. The molecule has 8 aromatic rings. The summed E-state index contributed by atoms with van der Waals surface area (Å²) in [5.74, 6) is -1.46. The van der Waals surface area contributed by atoms with Gasteiger partial charge < -0.3 is 39.3 Å². The van der Waals surface area contributed by atoms with Crippen LogP contribution in [-0.2, 0) is 26.0 Å². The minimum absolute atomic E-state index is 0. The first-order valence-corrected chi connectivity index (χ1v) is 14.3. The molecule has 0 atom stereocenters. The summed E-state index contributed by atoms with van der Waals surface area (Å²) in [5.41, 5.74) is 4.32. The maximum absolute atomic E-state index is 11.9. The zero-order valence-corrected chi connectivity index (χ0v) is 28.9. The van der Waals surface area contributed by atoms with E-state index in [4.69, 9.17) is 0 Å². The van der Waals surface area contributed by atoms with E-state index in [-0.39, 0.29) is 49.9 Å². The van der Waals surface area contributed by atoms with Gasteiger partial charge in [0.2, 0.25) is 0 Å². The average molecular weight is 764 g/mol. The second-order valence-corrected chi connectivity index (χ2v) is 10.2. The molecule has 1 radical (unpaired) electrons. The standard InChI is InChI=1S/C12H12N2O3.2C12H8N2.2ClH.Ru/c1-3-14-6-9(12(16)17)10(15)8-5-4-7(2)13-11(8)14;2*1-3-9-5-6-10-4-2-8-14-12(10)11(9)13-7-1;;;/h4-6H,3H2,1-2H3,(H,16,17);2*1-8H;2*1H;/q;;;;;+3/p-3. The number of nitrogens with zero attached hydrogens (tertiary/aromatic N) is 6. The molecule has 2 aromatic carbocycles. The summed E-state index contributed by atoms with van der Waals surface area (Å²) in [4.78, 5) is 44.4. The number of carbonyl (C=O) groups is 1. The van der Waals surface area contributed by atoms with Gasteiger partial charge in [0.15, 0.2) is 5.43 Å². The number of benzene rings is 2. The Bertz CT molecular complexity index is 2200. The van der Waals surface area contributed by atoms with Gasteiger partial charge in [0, 0.05) is 64.8 Å². The molecule has 8 rings (SSSR count). The van der Waals surface area contributed by atoms with Gasteiger partial charge in [-0.2, -0.15) is 0 Å². The van der Waals surface area contributed by atoms with Gasteiger partial charge >= 0.3 is 19.5 Å². The SMILES string of the molecule is CCn1cc(C(=O)[O-])c(=O)c2ccc(C)nc21.[Cl-].[Cl-].[Ru+3].c1cnc2c(c1)ccc1cccnc12.c1cnc2c(c1)ccc1cccnc12. The molecule has 12 heteroatoms. The minimum atomic E-state index is -1.46. The Hall–Kier alpha value is -4.89. The second-order valence-electron chi connectivity index (χ2n) is 10.2. The Balaban J connectivity index is 0.000000190. The summed E-state index contributed by atoms with van der Waals surface area (Å²) >= 11 is 0. The molecule has 0 unspecified atom stereocenters. The smallest absolute Gasteiger partial charge is 1.00 e. The van der Waals surface area contributed by atoms with E-state index >= 15 is 0 Å². The quantitative estimate of drug-likeness (QED) is 0.173. The van der Waals surface area contributed by atoms with Crippen LogP contribution in [0.4, 0.5) is 0 Å². The predicted octanol–water partition coefficient (Wildman–Crippen LogP) is -0.340. The Morgan fingerprint density at radius 1 is 0.667 bits per heavy atom. The van der Waals surface area contributed by atoms with Crippen LogP contribution >= 0.6 is 0 Å². The molecule has 6 heterocycles. The van der Waals surface area contributed by atoms with Crippen LogP contribution in [0.25, 0.3) is 54.6 Å². The summed E-state index contributed by atoms with van der Waals surface area (Å²) in [5, 5.41) is 15.7. The van der Waals surface area contributed by atoms with Crippen molar-refractivity contribution < 1.29 is 54.2 Å². The number of rotatable bonds is 2. The Labute approximate surface area is 300 Å². The van der Waals surface area contributed by atoms with Gasteiger partial charge in [0.1, 0.15) is 5.65 Å². The molecule has 0 spiro atoms. The maximum atomic E-state index is 11.9. The number of aryl methyl sites for hydroxylation is 2. The summed E-state index contributed by atoms with van der Waals surface area (Å²) in [6, 6.07) is 27.6. The summed E-state index contributed by atoms with van der Waals surface area (Å²) in [7, 11) is 0. The number of hydrogen-bond donors (Lipinski definition) is 0. The third-order valence-electron chi connectivity index (χ3n) is 7.31. The van der Waals surface area contributed by atoms with E-state index in [0.29, 0.717) is 17.6 Å². The van der Waals surface area contributed by atoms with E-state index in [1.54, 1.807) is 41.5 Å². The third-order valence-corrected chi connectivity index (χ3v) is 7.31. The van der Waals surface area contributed by atoms with Crippen LogP contribution in [-0.4, -0.2) is 35.5 Å². The number of aromatic nitrogens is 6. The largest absolute Gasteiger partial charge is 3.00 e. The Morgan fingerprint density at radius 3 is 1.42 bits per heavy atom. The molecule has 241 valence electrons. The molecule has 0 aliphatic rings. The van der Waals surface area contributed by atoms with Crippen molar-refractivity contribution in [1.82, 2.24) is 29.5 Å². The van der Waals surface area contributed by atoms with Gasteiger partial charge in [0.05, 0.1) is 39.0 Å². The number of aromatic carboxylic acids is 1. The van der Waals surface area contributed by atoms with Crippen molar-refractivity contribution in [3.8, 4) is 0 Å². The van der Waals surface area contributed by atoms with Gasteiger partial charge in [-0.3, -0.25) is 24.7 Å². The molecule has 0 fully saturated rings.